The lowest BCUT2D eigenvalue weighted by molar-refractivity contribution is 1.06. The molecule has 2 aromatic heterocycles. The van der Waals surface area contributed by atoms with Gasteiger partial charge in [-0.1, -0.05) is 0 Å². The molecule has 4 heteroatoms. The first-order valence-corrected chi connectivity index (χ1v) is 3.34. The molecule has 11 heavy (non-hydrogen) atoms. The van der Waals surface area contributed by atoms with Crippen LogP contribution in [0.3, 0.4) is 0 Å². The van der Waals surface area contributed by atoms with Crippen molar-refractivity contribution in [2.24, 2.45) is 0 Å². The third-order valence-electron chi connectivity index (χ3n) is 1.68. The molecule has 0 aliphatic carbocycles. The van der Waals surface area contributed by atoms with Crippen molar-refractivity contribution in [3.05, 3.63) is 24.2 Å². The Balaban J connectivity index is 2.92. The van der Waals surface area contributed by atoms with Crippen LogP contribution in [0.25, 0.3) is 5.78 Å². The van der Waals surface area contributed by atoms with E-state index in [-0.39, 0.29) is 0 Å². The smallest absolute Gasteiger partial charge is 0.235 e. The Bertz CT molecular complexity index is 390. The summed E-state index contributed by atoms with van der Waals surface area (Å²) in [5.74, 6) is 1.20. The molecule has 2 rings (SSSR count). The molecule has 0 aliphatic rings. The highest BCUT2D eigenvalue weighted by atomic mass is 15.1. The van der Waals surface area contributed by atoms with E-state index in [1.807, 2.05) is 23.6 Å². The third kappa shape index (κ3) is 0.756. The molecular formula is C7H8N4. The lowest BCUT2D eigenvalue weighted by Gasteiger charge is -1.91. The first-order chi connectivity index (χ1) is 5.29. The summed E-state index contributed by atoms with van der Waals surface area (Å²) in [7, 11) is 0. The highest BCUT2D eigenvalue weighted by molar-refractivity contribution is 5.46. The van der Waals surface area contributed by atoms with Crippen LogP contribution >= 0.6 is 0 Å². The SMILES string of the molecule is Cc1c(N)nc2ncccn12. The highest BCUT2D eigenvalue weighted by Gasteiger charge is 2.02. The molecule has 0 saturated carbocycles. The first kappa shape index (κ1) is 6.15. The normalized spacial score (nSPS) is 10.6. The summed E-state index contributed by atoms with van der Waals surface area (Å²) < 4.78 is 1.86. The van der Waals surface area contributed by atoms with Gasteiger partial charge in [-0.2, -0.15) is 4.98 Å². The second-order valence-electron chi connectivity index (χ2n) is 2.37. The average molecular weight is 148 g/mol. The standard InChI is InChI=1S/C7H8N4/c1-5-6(8)10-7-9-3-2-4-11(5)7/h2-4H,8H2,1H3. The van der Waals surface area contributed by atoms with Crippen LogP contribution in [0.1, 0.15) is 5.69 Å². The second-order valence-corrected chi connectivity index (χ2v) is 2.37. The fourth-order valence-electron chi connectivity index (χ4n) is 1.02. The van der Waals surface area contributed by atoms with Crippen LogP contribution in [0, 0.1) is 6.92 Å². The summed E-state index contributed by atoms with van der Waals surface area (Å²) in [6.07, 6.45) is 3.59. The maximum atomic E-state index is 5.58. The minimum absolute atomic E-state index is 0.545. The van der Waals surface area contributed by atoms with E-state index < -0.39 is 0 Å². The summed E-state index contributed by atoms with van der Waals surface area (Å²) in [5.41, 5.74) is 6.52. The molecule has 0 spiro atoms. The van der Waals surface area contributed by atoms with E-state index in [4.69, 9.17) is 5.73 Å². The van der Waals surface area contributed by atoms with E-state index in [1.54, 1.807) is 6.20 Å². The Morgan fingerprint density at radius 2 is 2.36 bits per heavy atom. The zero-order valence-electron chi connectivity index (χ0n) is 6.15. The molecule has 2 heterocycles. The number of hydrogen-bond donors (Lipinski definition) is 1. The van der Waals surface area contributed by atoms with Gasteiger partial charge < -0.3 is 5.73 Å². The van der Waals surface area contributed by atoms with Crippen LogP contribution in [-0.2, 0) is 0 Å². The molecule has 0 amide bonds. The maximum absolute atomic E-state index is 5.58. The van der Waals surface area contributed by atoms with Crippen molar-refractivity contribution in [3.8, 4) is 0 Å². The van der Waals surface area contributed by atoms with Gasteiger partial charge in [0.15, 0.2) is 0 Å². The van der Waals surface area contributed by atoms with E-state index in [2.05, 4.69) is 9.97 Å². The second kappa shape index (κ2) is 1.95. The number of rotatable bonds is 0. The van der Waals surface area contributed by atoms with E-state index in [1.165, 1.54) is 0 Å². The zero-order valence-corrected chi connectivity index (χ0v) is 6.15. The molecule has 0 aromatic carbocycles. The number of aryl methyl sites for hydroxylation is 1. The van der Waals surface area contributed by atoms with E-state index in [0.717, 1.165) is 5.69 Å². The lowest BCUT2D eigenvalue weighted by atomic mass is 10.5. The van der Waals surface area contributed by atoms with Gasteiger partial charge in [0.05, 0.1) is 5.69 Å². The quantitative estimate of drug-likeness (QED) is 0.595. The molecule has 2 aromatic rings. The van der Waals surface area contributed by atoms with Gasteiger partial charge >= 0.3 is 0 Å². The molecular weight excluding hydrogens is 140 g/mol. The molecule has 0 radical (unpaired) electrons. The molecule has 0 saturated heterocycles. The summed E-state index contributed by atoms with van der Waals surface area (Å²) >= 11 is 0. The Hall–Kier alpha value is -1.58. The molecule has 4 nitrogen and oxygen atoms in total. The van der Waals surface area contributed by atoms with Gasteiger partial charge in [-0.3, -0.25) is 4.40 Å². The Kier molecular flexibility index (Phi) is 1.09. The van der Waals surface area contributed by atoms with E-state index >= 15 is 0 Å². The third-order valence-corrected chi connectivity index (χ3v) is 1.68. The molecule has 0 fully saturated rings. The van der Waals surface area contributed by atoms with Crippen molar-refractivity contribution in [1.82, 2.24) is 14.4 Å². The van der Waals surface area contributed by atoms with Crippen LogP contribution in [0.4, 0.5) is 5.82 Å². The van der Waals surface area contributed by atoms with Crippen LogP contribution in [0.2, 0.25) is 0 Å². The van der Waals surface area contributed by atoms with Gasteiger partial charge in [0, 0.05) is 12.4 Å². The number of nitrogens with zero attached hydrogens (tertiary/aromatic N) is 3. The topological polar surface area (TPSA) is 56.2 Å². The lowest BCUT2D eigenvalue weighted by Crippen LogP contribution is -1.89. The molecule has 0 unspecified atom stereocenters. The van der Waals surface area contributed by atoms with Gasteiger partial charge in [0.2, 0.25) is 5.78 Å². The van der Waals surface area contributed by atoms with Crippen molar-refractivity contribution in [1.29, 1.82) is 0 Å². The zero-order chi connectivity index (χ0) is 7.84. The van der Waals surface area contributed by atoms with Crippen molar-refractivity contribution in [3.63, 3.8) is 0 Å². The number of aromatic nitrogens is 3. The average Bonchev–Trinajstić information content (AvgIpc) is 2.30. The van der Waals surface area contributed by atoms with Gasteiger partial charge in [-0.05, 0) is 13.0 Å². The summed E-state index contributed by atoms with van der Waals surface area (Å²) in [6, 6.07) is 1.85. The van der Waals surface area contributed by atoms with Gasteiger partial charge in [0.1, 0.15) is 5.82 Å². The van der Waals surface area contributed by atoms with Crippen LogP contribution in [-0.4, -0.2) is 14.4 Å². The minimum Gasteiger partial charge on any atom is -0.382 e. The van der Waals surface area contributed by atoms with Crippen molar-refractivity contribution < 1.29 is 0 Å². The van der Waals surface area contributed by atoms with Crippen molar-refractivity contribution in [2.45, 2.75) is 6.92 Å². The molecule has 2 N–H and O–H groups in total. The summed E-state index contributed by atoms with van der Waals surface area (Å²) in [5, 5.41) is 0. The molecule has 0 bridgehead atoms. The van der Waals surface area contributed by atoms with Crippen molar-refractivity contribution >= 4 is 11.6 Å². The molecule has 0 atom stereocenters. The predicted molar refractivity (Wildman–Crippen MR) is 42.1 cm³/mol. The minimum atomic E-state index is 0.545. The first-order valence-electron chi connectivity index (χ1n) is 3.34. The Morgan fingerprint density at radius 3 is 3.09 bits per heavy atom. The van der Waals surface area contributed by atoms with E-state index in [9.17, 15) is 0 Å². The largest absolute Gasteiger partial charge is 0.382 e. The van der Waals surface area contributed by atoms with Gasteiger partial charge in [0.25, 0.3) is 0 Å². The fraction of sp³-hybridized carbons (Fsp3) is 0.143. The summed E-state index contributed by atoms with van der Waals surface area (Å²) in [4.78, 5) is 8.08. The van der Waals surface area contributed by atoms with Crippen molar-refractivity contribution in [2.75, 3.05) is 5.73 Å². The number of nitrogen functional groups attached to an aromatic ring is 1. The number of fused-ring (bicyclic) bond motifs is 1. The molecule has 0 aliphatic heterocycles. The van der Waals surface area contributed by atoms with Crippen LogP contribution in [0.15, 0.2) is 18.5 Å². The fourth-order valence-corrected chi connectivity index (χ4v) is 1.02. The molecule has 56 valence electrons. The van der Waals surface area contributed by atoms with Crippen LogP contribution in [0.5, 0.6) is 0 Å². The Morgan fingerprint density at radius 1 is 1.55 bits per heavy atom. The van der Waals surface area contributed by atoms with Gasteiger partial charge in [-0.15, -0.1) is 0 Å². The van der Waals surface area contributed by atoms with E-state index in [0.29, 0.717) is 11.6 Å². The van der Waals surface area contributed by atoms with Crippen LogP contribution < -0.4 is 5.73 Å². The predicted octanol–water partition coefficient (Wildman–Crippen LogP) is 0.620. The highest BCUT2D eigenvalue weighted by Crippen LogP contribution is 2.09. The van der Waals surface area contributed by atoms with Gasteiger partial charge in [-0.25, -0.2) is 4.98 Å². The summed E-state index contributed by atoms with van der Waals surface area (Å²) in [6.45, 7) is 1.91. The Labute approximate surface area is 63.7 Å². The number of imidazole rings is 1. The number of anilines is 1. The maximum Gasteiger partial charge on any atom is 0.235 e. The monoisotopic (exact) mass is 148 g/mol. The number of nitrogens with two attached hydrogens (primary N) is 1. The number of hydrogen-bond acceptors (Lipinski definition) is 3.